The predicted octanol–water partition coefficient (Wildman–Crippen LogP) is 1.73. The zero-order valence-corrected chi connectivity index (χ0v) is 12.8. The molecule has 1 aliphatic heterocycles. The van der Waals surface area contributed by atoms with Crippen LogP contribution in [-0.4, -0.2) is 33.8 Å². The molecule has 1 rings (SSSR count). The molecule has 0 aromatic heterocycles. The maximum Gasteiger partial charge on any atom is 0.211 e. The molecular weight excluding hydrogens is 248 g/mol. The van der Waals surface area contributed by atoms with Gasteiger partial charge in [-0.3, -0.25) is 0 Å². The third kappa shape index (κ3) is 5.67. The van der Waals surface area contributed by atoms with Crippen LogP contribution in [-0.2, 0) is 10.0 Å². The lowest BCUT2D eigenvalue weighted by atomic mass is 9.81. The molecule has 0 saturated carbocycles. The third-order valence-electron chi connectivity index (χ3n) is 3.81. The summed E-state index contributed by atoms with van der Waals surface area (Å²) < 4.78 is 26.8. The molecule has 0 aromatic rings. The van der Waals surface area contributed by atoms with Crippen LogP contribution in [0.5, 0.6) is 0 Å². The molecule has 1 aliphatic rings. The fraction of sp³-hybridized carbons (Fsp3) is 1.00. The summed E-state index contributed by atoms with van der Waals surface area (Å²) in [7, 11) is -3.11. The van der Waals surface area contributed by atoms with Crippen LogP contribution >= 0.6 is 0 Å². The summed E-state index contributed by atoms with van der Waals surface area (Å²) in [5, 5.41) is 3.31. The minimum absolute atomic E-state index is 0.117. The Kier molecular flexibility index (Phi) is 6.08. The van der Waals surface area contributed by atoms with Crippen LogP contribution < -0.4 is 10.0 Å². The first-order valence-electron chi connectivity index (χ1n) is 7.05. The molecule has 0 bridgehead atoms. The standard InChI is InChI=1S/C13H28N2O2S/c1-4-5-12(2)10-18(16,17)15-11-13(3)6-8-14-9-7-13/h12,14-15H,4-11H2,1-3H3. The molecule has 1 atom stereocenters. The Bertz CT molecular complexity index is 335. The third-order valence-corrected chi connectivity index (χ3v) is 5.41. The van der Waals surface area contributed by atoms with E-state index in [1.807, 2.05) is 6.92 Å². The molecule has 1 fully saturated rings. The minimum Gasteiger partial charge on any atom is -0.317 e. The summed E-state index contributed by atoms with van der Waals surface area (Å²) in [4.78, 5) is 0. The van der Waals surface area contributed by atoms with Gasteiger partial charge < -0.3 is 5.32 Å². The van der Waals surface area contributed by atoms with Crippen molar-refractivity contribution in [1.82, 2.24) is 10.0 Å². The number of sulfonamides is 1. The SMILES string of the molecule is CCCC(C)CS(=O)(=O)NCC1(C)CCNCC1. The highest BCUT2D eigenvalue weighted by molar-refractivity contribution is 7.89. The van der Waals surface area contributed by atoms with Crippen LogP contribution in [0, 0.1) is 11.3 Å². The van der Waals surface area contributed by atoms with E-state index in [4.69, 9.17) is 0 Å². The highest BCUT2D eigenvalue weighted by atomic mass is 32.2. The Labute approximate surface area is 112 Å². The van der Waals surface area contributed by atoms with Gasteiger partial charge in [-0.25, -0.2) is 13.1 Å². The molecule has 1 saturated heterocycles. The van der Waals surface area contributed by atoms with Crippen LogP contribution in [0.2, 0.25) is 0 Å². The van der Waals surface area contributed by atoms with Crippen LogP contribution in [0.3, 0.4) is 0 Å². The van der Waals surface area contributed by atoms with Crippen molar-refractivity contribution in [2.24, 2.45) is 11.3 Å². The second-order valence-electron chi connectivity index (χ2n) is 6.06. The summed E-state index contributed by atoms with van der Waals surface area (Å²) in [6.07, 6.45) is 4.10. The van der Waals surface area contributed by atoms with Gasteiger partial charge in [-0.2, -0.15) is 0 Å². The molecule has 0 aliphatic carbocycles. The van der Waals surface area contributed by atoms with Gasteiger partial charge in [0.05, 0.1) is 5.75 Å². The Morgan fingerprint density at radius 3 is 2.50 bits per heavy atom. The highest BCUT2D eigenvalue weighted by Gasteiger charge is 2.28. The predicted molar refractivity (Wildman–Crippen MR) is 76.1 cm³/mol. The van der Waals surface area contributed by atoms with Crippen molar-refractivity contribution >= 4 is 10.0 Å². The largest absolute Gasteiger partial charge is 0.317 e. The number of rotatable bonds is 7. The van der Waals surface area contributed by atoms with E-state index in [0.29, 0.717) is 6.54 Å². The molecule has 0 radical (unpaired) electrons. The number of hydrogen-bond donors (Lipinski definition) is 2. The fourth-order valence-electron chi connectivity index (χ4n) is 2.50. The molecule has 1 heterocycles. The monoisotopic (exact) mass is 276 g/mol. The highest BCUT2D eigenvalue weighted by Crippen LogP contribution is 2.27. The van der Waals surface area contributed by atoms with Gasteiger partial charge in [0.15, 0.2) is 0 Å². The van der Waals surface area contributed by atoms with Crippen molar-refractivity contribution < 1.29 is 8.42 Å². The van der Waals surface area contributed by atoms with Gasteiger partial charge in [0, 0.05) is 6.54 Å². The molecule has 4 nitrogen and oxygen atoms in total. The Balaban J connectivity index is 2.40. The van der Waals surface area contributed by atoms with Gasteiger partial charge in [-0.15, -0.1) is 0 Å². The summed E-state index contributed by atoms with van der Waals surface area (Å²) >= 11 is 0. The fourth-order valence-corrected chi connectivity index (χ4v) is 4.10. The quantitative estimate of drug-likeness (QED) is 0.744. The first kappa shape index (κ1) is 15.9. The van der Waals surface area contributed by atoms with E-state index >= 15 is 0 Å². The first-order valence-corrected chi connectivity index (χ1v) is 8.70. The second-order valence-corrected chi connectivity index (χ2v) is 7.91. The number of hydrogen-bond acceptors (Lipinski definition) is 3. The van der Waals surface area contributed by atoms with Gasteiger partial charge in [0.2, 0.25) is 10.0 Å². The van der Waals surface area contributed by atoms with E-state index < -0.39 is 10.0 Å². The van der Waals surface area contributed by atoms with Crippen molar-refractivity contribution in [1.29, 1.82) is 0 Å². The van der Waals surface area contributed by atoms with Crippen molar-refractivity contribution in [3.8, 4) is 0 Å². The minimum atomic E-state index is -3.11. The van der Waals surface area contributed by atoms with Crippen molar-refractivity contribution in [3.63, 3.8) is 0 Å². The number of nitrogens with one attached hydrogen (secondary N) is 2. The van der Waals surface area contributed by atoms with Crippen molar-refractivity contribution in [3.05, 3.63) is 0 Å². The maximum atomic E-state index is 12.0. The Morgan fingerprint density at radius 2 is 1.94 bits per heavy atom. The molecule has 0 amide bonds. The van der Waals surface area contributed by atoms with Crippen molar-refractivity contribution in [2.75, 3.05) is 25.4 Å². The molecular formula is C13H28N2O2S. The van der Waals surface area contributed by atoms with E-state index in [1.54, 1.807) is 0 Å². The molecule has 1 unspecified atom stereocenters. The number of piperidine rings is 1. The van der Waals surface area contributed by atoms with E-state index in [9.17, 15) is 8.42 Å². The Morgan fingerprint density at radius 1 is 1.33 bits per heavy atom. The average molecular weight is 276 g/mol. The Hall–Kier alpha value is -0.130. The lowest BCUT2D eigenvalue weighted by molar-refractivity contribution is 0.232. The van der Waals surface area contributed by atoms with E-state index in [1.165, 1.54) is 0 Å². The first-order chi connectivity index (χ1) is 8.37. The topological polar surface area (TPSA) is 58.2 Å². The van der Waals surface area contributed by atoms with Crippen LogP contribution in [0.25, 0.3) is 0 Å². The van der Waals surface area contributed by atoms with E-state index in [-0.39, 0.29) is 17.1 Å². The molecule has 0 spiro atoms. The smallest absolute Gasteiger partial charge is 0.211 e. The summed E-state index contributed by atoms with van der Waals surface area (Å²) in [6.45, 7) is 8.83. The second kappa shape index (κ2) is 6.87. The summed E-state index contributed by atoms with van der Waals surface area (Å²) in [5.41, 5.74) is 0.117. The lowest BCUT2D eigenvalue weighted by Crippen LogP contribution is -2.43. The summed E-state index contributed by atoms with van der Waals surface area (Å²) in [6, 6.07) is 0. The summed E-state index contributed by atoms with van der Waals surface area (Å²) in [5.74, 6) is 0.503. The van der Waals surface area contributed by atoms with Crippen LogP contribution in [0.4, 0.5) is 0 Å². The zero-order chi connectivity index (χ0) is 13.6. The molecule has 0 aromatic carbocycles. The van der Waals surface area contributed by atoms with Gasteiger partial charge in [-0.05, 0) is 43.7 Å². The molecule has 5 heteroatoms. The molecule has 108 valence electrons. The van der Waals surface area contributed by atoms with Crippen LogP contribution in [0.1, 0.15) is 46.5 Å². The van der Waals surface area contributed by atoms with Gasteiger partial charge >= 0.3 is 0 Å². The molecule has 2 N–H and O–H groups in total. The van der Waals surface area contributed by atoms with E-state index in [2.05, 4.69) is 23.9 Å². The normalized spacial score (nSPS) is 21.7. The van der Waals surface area contributed by atoms with Gasteiger partial charge in [0.1, 0.15) is 0 Å². The maximum absolute atomic E-state index is 12.0. The average Bonchev–Trinajstić information content (AvgIpc) is 2.27. The van der Waals surface area contributed by atoms with Crippen LogP contribution in [0.15, 0.2) is 0 Å². The molecule has 18 heavy (non-hydrogen) atoms. The van der Waals surface area contributed by atoms with E-state index in [0.717, 1.165) is 38.8 Å². The van der Waals surface area contributed by atoms with Gasteiger partial charge in [-0.1, -0.05) is 27.2 Å². The lowest BCUT2D eigenvalue weighted by Gasteiger charge is -2.34. The zero-order valence-electron chi connectivity index (χ0n) is 12.0. The van der Waals surface area contributed by atoms with Gasteiger partial charge in [0.25, 0.3) is 0 Å². The van der Waals surface area contributed by atoms with Crippen molar-refractivity contribution in [2.45, 2.75) is 46.5 Å².